The molecule has 6 aromatic heterocycles. The Balaban J connectivity index is 0.000000246. The number of aromatic nitrogens is 8. The van der Waals surface area contributed by atoms with Crippen LogP contribution in [0.5, 0.6) is 0 Å². The van der Waals surface area contributed by atoms with Gasteiger partial charge in [0, 0.05) is 47.3 Å². The second-order valence-corrected chi connectivity index (χ2v) is 10.4. The Bertz CT molecular complexity index is 1880. The van der Waals surface area contributed by atoms with Crippen molar-refractivity contribution in [3.63, 3.8) is 0 Å². The molecule has 0 unspecified atom stereocenters. The number of nitrogens with one attached hydrogen (secondary N) is 4. The summed E-state index contributed by atoms with van der Waals surface area (Å²) in [6.07, 6.45) is 8.03. The minimum Gasteiger partial charge on any atom is -0.347 e. The van der Waals surface area contributed by atoms with Crippen molar-refractivity contribution in [2.75, 3.05) is 23.7 Å². The van der Waals surface area contributed by atoms with E-state index >= 15 is 0 Å². The van der Waals surface area contributed by atoms with Gasteiger partial charge in [-0.15, -0.1) is 20.4 Å². The second kappa shape index (κ2) is 19.2. The summed E-state index contributed by atoms with van der Waals surface area (Å²) < 4.78 is 3.66. The van der Waals surface area contributed by atoms with Crippen LogP contribution in [0.3, 0.4) is 0 Å². The first-order chi connectivity index (χ1) is 23.7. The van der Waals surface area contributed by atoms with Gasteiger partial charge in [0.2, 0.25) is 23.6 Å². The van der Waals surface area contributed by atoms with Gasteiger partial charge in [0.15, 0.2) is 22.9 Å². The number of nitrogens with zero attached hydrogens (tertiary/aromatic N) is 8. The van der Waals surface area contributed by atoms with Crippen LogP contribution in [0.4, 0.5) is 11.4 Å². The summed E-state index contributed by atoms with van der Waals surface area (Å²) in [5.41, 5.74) is 3.83. The quantitative estimate of drug-likeness (QED) is 0.176. The Hall–Kier alpha value is -5.89. The molecule has 0 radical (unpaired) electrons. The molecule has 0 aliphatic rings. The van der Waals surface area contributed by atoms with Gasteiger partial charge >= 0.3 is 0 Å². The number of anilines is 2. The molecule has 6 rings (SSSR count). The smallest absolute Gasteiger partial charge is 0.243 e. The van der Waals surface area contributed by atoms with Gasteiger partial charge in [-0.05, 0) is 48.5 Å². The number of rotatable bonds is 8. The van der Waals surface area contributed by atoms with Gasteiger partial charge in [-0.1, -0.05) is 32.4 Å². The minimum absolute atomic E-state index is 0. The number of hydrogen-bond acceptors (Lipinski definition) is 10. The standard InChI is InChI=1S/2C15H14N6O2.C3H8.Pt/c2*1-10(22)16-9-14(23)18-11-5-6-12(17-8-11)15-20-19-13-4-2-3-7-21(13)15;1-3-2;/h2*2-8H,9H2,1H3,(H,16,22)(H,18,23);3H2,1-2H3;. The first-order valence-corrected chi connectivity index (χ1v) is 15.3. The van der Waals surface area contributed by atoms with Crippen molar-refractivity contribution in [1.29, 1.82) is 0 Å². The Kier molecular flexibility index (Phi) is 14.8. The first-order valence-electron chi connectivity index (χ1n) is 15.3. The molecule has 0 saturated carbocycles. The predicted molar refractivity (Wildman–Crippen MR) is 183 cm³/mol. The molecule has 4 amide bonds. The van der Waals surface area contributed by atoms with E-state index in [1.807, 2.05) is 57.6 Å². The van der Waals surface area contributed by atoms with Crippen LogP contribution in [0.15, 0.2) is 85.5 Å². The van der Waals surface area contributed by atoms with E-state index in [2.05, 4.69) is 65.5 Å². The Morgan fingerprint density at radius 1 is 0.600 bits per heavy atom. The van der Waals surface area contributed by atoms with Crippen molar-refractivity contribution in [3.8, 4) is 23.0 Å². The molecule has 17 heteroatoms. The van der Waals surface area contributed by atoms with E-state index in [4.69, 9.17) is 0 Å². The Morgan fingerprint density at radius 2 is 1.00 bits per heavy atom. The molecule has 0 aliphatic heterocycles. The van der Waals surface area contributed by atoms with Gasteiger partial charge in [0.1, 0.15) is 11.4 Å². The monoisotopic (exact) mass is 859 g/mol. The molecule has 6 heterocycles. The summed E-state index contributed by atoms with van der Waals surface area (Å²) in [5, 5.41) is 26.5. The molecule has 0 saturated heterocycles. The van der Waals surface area contributed by atoms with Gasteiger partial charge in [-0.25, -0.2) is 0 Å². The number of carbonyl (C=O) groups is 4. The molecular formula is C33H36N12O4Pt. The van der Waals surface area contributed by atoms with E-state index in [0.29, 0.717) is 34.4 Å². The normalized spacial score (nSPS) is 10.0. The zero-order chi connectivity index (χ0) is 35.2. The van der Waals surface area contributed by atoms with Gasteiger partial charge < -0.3 is 21.3 Å². The van der Waals surface area contributed by atoms with Crippen molar-refractivity contribution in [2.45, 2.75) is 34.1 Å². The molecule has 0 aliphatic carbocycles. The van der Waals surface area contributed by atoms with Crippen molar-refractivity contribution in [2.24, 2.45) is 0 Å². The average molecular weight is 860 g/mol. The predicted octanol–water partition coefficient (Wildman–Crippen LogP) is 3.15. The average Bonchev–Trinajstić information content (AvgIpc) is 3.73. The van der Waals surface area contributed by atoms with Crippen LogP contribution >= 0.6 is 0 Å². The minimum atomic E-state index is -0.317. The van der Waals surface area contributed by atoms with Crippen molar-refractivity contribution >= 4 is 46.3 Å². The van der Waals surface area contributed by atoms with Gasteiger partial charge in [-0.2, -0.15) is 0 Å². The number of fused-ring (bicyclic) bond motifs is 2. The van der Waals surface area contributed by atoms with Crippen LogP contribution in [0.1, 0.15) is 34.1 Å². The van der Waals surface area contributed by atoms with E-state index in [-0.39, 0.29) is 57.8 Å². The largest absolute Gasteiger partial charge is 0.347 e. The third kappa shape index (κ3) is 11.1. The topological polar surface area (TPSA) is 203 Å². The summed E-state index contributed by atoms with van der Waals surface area (Å²) in [4.78, 5) is 53.4. The fourth-order valence-corrected chi connectivity index (χ4v) is 4.05. The van der Waals surface area contributed by atoms with Gasteiger partial charge in [0.25, 0.3) is 0 Å². The van der Waals surface area contributed by atoms with E-state index in [9.17, 15) is 19.2 Å². The Labute approximate surface area is 301 Å². The zero-order valence-corrected chi connectivity index (χ0v) is 30.0. The summed E-state index contributed by atoms with van der Waals surface area (Å²) in [7, 11) is 0. The van der Waals surface area contributed by atoms with E-state index in [1.54, 1.807) is 24.3 Å². The fourth-order valence-electron chi connectivity index (χ4n) is 4.05. The molecule has 6 aromatic rings. The maximum Gasteiger partial charge on any atom is 0.243 e. The van der Waals surface area contributed by atoms with Crippen molar-refractivity contribution in [1.82, 2.24) is 49.8 Å². The first kappa shape index (κ1) is 38.6. The molecular weight excluding hydrogens is 824 g/mol. The van der Waals surface area contributed by atoms with E-state index < -0.39 is 0 Å². The molecule has 0 spiro atoms. The maximum absolute atomic E-state index is 11.6. The molecule has 16 nitrogen and oxygen atoms in total. The van der Waals surface area contributed by atoms with Gasteiger partial charge in [0.05, 0.1) is 36.9 Å². The molecule has 262 valence electrons. The molecule has 4 N–H and O–H groups in total. The van der Waals surface area contributed by atoms with E-state index in [1.165, 1.54) is 32.7 Å². The number of amides is 4. The van der Waals surface area contributed by atoms with Crippen molar-refractivity contribution in [3.05, 3.63) is 85.5 Å². The number of carbonyl (C=O) groups excluding carboxylic acids is 4. The molecule has 50 heavy (non-hydrogen) atoms. The van der Waals surface area contributed by atoms with Crippen molar-refractivity contribution < 1.29 is 40.2 Å². The van der Waals surface area contributed by atoms with Crippen LogP contribution in [-0.2, 0) is 40.2 Å². The fraction of sp³-hybridized carbons (Fsp3) is 0.212. The molecule has 0 fully saturated rings. The summed E-state index contributed by atoms with van der Waals surface area (Å²) >= 11 is 0. The summed E-state index contributed by atoms with van der Waals surface area (Å²) in [5.74, 6) is 0.0958. The van der Waals surface area contributed by atoms with Crippen LogP contribution < -0.4 is 21.3 Å². The van der Waals surface area contributed by atoms with Crippen LogP contribution in [-0.4, -0.2) is 75.9 Å². The second-order valence-electron chi connectivity index (χ2n) is 10.4. The third-order valence-corrected chi connectivity index (χ3v) is 6.18. The number of pyridine rings is 4. The molecule has 0 aromatic carbocycles. The summed E-state index contributed by atoms with van der Waals surface area (Å²) in [6.45, 7) is 6.80. The van der Waals surface area contributed by atoms with E-state index in [0.717, 1.165) is 11.3 Å². The summed E-state index contributed by atoms with van der Waals surface area (Å²) in [6, 6.07) is 18.2. The maximum atomic E-state index is 11.6. The molecule has 0 atom stereocenters. The Morgan fingerprint density at radius 3 is 1.34 bits per heavy atom. The third-order valence-electron chi connectivity index (χ3n) is 6.18. The number of hydrogen-bond donors (Lipinski definition) is 4. The van der Waals surface area contributed by atoms with Crippen LogP contribution in [0, 0.1) is 0 Å². The van der Waals surface area contributed by atoms with Crippen LogP contribution in [0.2, 0.25) is 0 Å². The zero-order valence-electron chi connectivity index (χ0n) is 27.7. The van der Waals surface area contributed by atoms with Crippen LogP contribution in [0.25, 0.3) is 34.3 Å². The van der Waals surface area contributed by atoms with Gasteiger partial charge in [-0.3, -0.25) is 37.9 Å². The SMILES string of the molecule is CC(=O)NCC(=O)Nc1ccc(-c2nnc3ccccn23)nc1.CC(=O)NCC(=O)Nc1ccc(-c2nnc3ccccn23)nc1.CCC.[Pt]. The molecule has 0 bridgehead atoms.